The second-order valence-electron chi connectivity index (χ2n) is 4.47. The van der Waals surface area contributed by atoms with Crippen LogP contribution in [0.3, 0.4) is 0 Å². The van der Waals surface area contributed by atoms with Crippen molar-refractivity contribution in [1.82, 2.24) is 0 Å². The summed E-state index contributed by atoms with van der Waals surface area (Å²) in [5.74, 6) is -0.0950. The summed E-state index contributed by atoms with van der Waals surface area (Å²) in [5.41, 5.74) is 1.04. The lowest BCUT2D eigenvalue weighted by Crippen LogP contribution is -2.37. The third-order valence-electron chi connectivity index (χ3n) is 3.18. The molecule has 1 fully saturated rings. The summed E-state index contributed by atoms with van der Waals surface area (Å²) in [7, 11) is 1.96. The molecule has 0 spiro atoms. The second kappa shape index (κ2) is 5.78. The highest BCUT2D eigenvalue weighted by molar-refractivity contribution is 8.14. The third kappa shape index (κ3) is 3.60. The third-order valence-corrected chi connectivity index (χ3v) is 5.46. The largest absolute Gasteiger partial charge is 0.381 e. The maximum absolute atomic E-state index is 11.5. The van der Waals surface area contributed by atoms with Crippen LogP contribution in [0.15, 0.2) is 24.3 Å². The average Bonchev–Trinajstić information content (AvgIpc) is 2.31. The zero-order valence-electron chi connectivity index (χ0n) is 9.68. The molecule has 1 saturated heterocycles. The lowest BCUT2D eigenvalue weighted by Gasteiger charge is -2.29. The van der Waals surface area contributed by atoms with E-state index in [0.717, 1.165) is 5.56 Å². The first-order valence-electron chi connectivity index (χ1n) is 5.72. The first kappa shape index (κ1) is 14.1. The lowest BCUT2D eigenvalue weighted by atomic mass is 9.94. The molecule has 1 aliphatic rings. The summed E-state index contributed by atoms with van der Waals surface area (Å²) >= 11 is 5.81. The average molecular weight is 309 g/mol. The summed E-state index contributed by atoms with van der Waals surface area (Å²) in [6.45, 7) is 0.882. The van der Waals surface area contributed by atoms with Gasteiger partial charge in [-0.2, -0.15) is 0 Å². The minimum atomic E-state index is -3.54. The summed E-state index contributed by atoms with van der Waals surface area (Å²) in [6.07, 6.45) is 1.10. The van der Waals surface area contributed by atoms with E-state index in [-0.39, 0.29) is 5.92 Å². The van der Waals surface area contributed by atoms with E-state index in [1.165, 1.54) is 0 Å². The predicted octanol–water partition coefficient (Wildman–Crippen LogP) is 2.86. The molecule has 0 bridgehead atoms. The second-order valence-corrected chi connectivity index (χ2v) is 7.75. The van der Waals surface area contributed by atoms with Gasteiger partial charge in [0.05, 0.1) is 11.9 Å². The molecule has 1 aromatic carbocycles. The fourth-order valence-corrected chi connectivity index (χ4v) is 4.10. The number of benzene rings is 1. The van der Waals surface area contributed by atoms with E-state index < -0.39 is 14.3 Å². The molecule has 6 heteroatoms. The van der Waals surface area contributed by atoms with Crippen molar-refractivity contribution in [3.63, 3.8) is 0 Å². The first-order valence-corrected chi connectivity index (χ1v) is 8.47. The highest BCUT2D eigenvalue weighted by atomic mass is 35.7. The molecule has 0 aliphatic carbocycles. The molecule has 18 heavy (non-hydrogen) atoms. The van der Waals surface area contributed by atoms with E-state index in [2.05, 4.69) is 0 Å². The molecular formula is C12H14Cl2O3S. The van der Waals surface area contributed by atoms with E-state index in [1.807, 2.05) is 12.1 Å². The fraction of sp³-hybridized carbons (Fsp3) is 0.500. The topological polar surface area (TPSA) is 43.4 Å². The predicted molar refractivity (Wildman–Crippen MR) is 72.6 cm³/mol. The molecule has 0 unspecified atom stereocenters. The van der Waals surface area contributed by atoms with Crippen molar-refractivity contribution in [2.75, 3.05) is 13.2 Å². The van der Waals surface area contributed by atoms with Gasteiger partial charge in [0.1, 0.15) is 0 Å². The van der Waals surface area contributed by atoms with Crippen LogP contribution in [0.25, 0.3) is 0 Å². The Bertz CT molecular complexity index is 499. The summed E-state index contributed by atoms with van der Waals surface area (Å²) < 4.78 is 28.4. The van der Waals surface area contributed by atoms with E-state index in [9.17, 15) is 8.42 Å². The van der Waals surface area contributed by atoms with Crippen molar-refractivity contribution < 1.29 is 13.2 Å². The van der Waals surface area contributed by atoms with Crippen LogP contribution in [-0.4, -0.2) is 26.9 Å². The SMILES string of the molecule is O=S(=O)(Cl)[C@@H]1CCOC[C@H]1Cc1ccc(Cl)cc1. The smallest absolute Gasteiger partial charge is 0.235 e. The monoisotopic (exact) mass is 308 g/mol. The van der Waals surface area contributed by atoms with Gasteiger partial charge in [0.15, 0.2) is 0 Å². The Kier molecular flexibility index (Phi) is 4.54. The summed E-state index contributed by atoms with van der Waals surface area (Å²) in [5, 5.41) is 0.142. The van der Waals surface area contributed by atoms with Crippen LogP contribution < -0.4 is 0 Å². The Morgan fingerprint density at radius 2 is 1.94 bits per heavy atom. The zero-order chi connectivity index (χ0) is 13.2. The highest BCUT2D eigenvalue weighted by Crippen LogP contribution is 2.28. The molecule has 0 aromatic heterocycles. The van der Waals surface area contributed by atoms with E-state index in [0.29, 0.717) is 31.1 Å². The fourth-order valence-electron chi connectivity index (χ4n) is 2.26. The van der Waals surface area contributed by atoms with Crippen LogP contribution in [0.4, 0.5) is 0 Å². The normalized spacial score (nSPS) is 25.0. The van der Waals surface area contributed by atoms with E-state index >= 15 is 0 Å². The van der Waals surface area contributed by atoms with Gasteiger partial charge in [-0.3, -0.25) is 0 Å². The molecule has 2 rings (SSSR count). The van der Waals surface area contributed by atoms with Crippen LogP contribution in [0.2, 0.25) is 5.02 Å². The highest BCUT2D eigenvalue weighted by Gasteiger charge is 2.34. The molecular weight excluding hydrogens is 295 g/mol. The van der Waals surface area contributed by atoms with Crippen LogP contribution in [0, 0.1) is 5.92 Å². The molecule has 0 N–H and O–H groups in total. The number of ether oxygens (including phenoxy) is 1. The van der Waals surface area contributed by atoms with Gasteiger partial charge in [0, 0.05) is 28.2 Å². The molecule has 0 amide bonds. The standard InChI is InChI=1S/C12H14Cl2O3S/c13-11-3-1-9(2-4-11)7-10-8-17-6-5-12(10)18(14,15)16/h1-4,10,12H,5-8H2/t10-,12-/m1/s1. The quantitative estimate of drug-likeness (QED) is 0.806. The molecule has 2 atom stereocenters. The maximum atomic E-state index is 11.5. The first-order chi connectivity index (χ1) is 8.47. The van der Waals surface area contributed by atoms with Crippen molar-refractivity contribution in [3.05, 3.63) is 34.9 Å². The minimum Gasteiger partial charge on any atom is -0.381 e. The molecule has 0 radical (unpaired) electrons. The minimum absolute atomic E-state index is 0.0950. The number of rotatable bonds is 3. The number of halogens is 2. The number of hydrogen-bond acceptors (Lipinski definition) is 3. The van der Waals surface area contributed by atoms with Gasteiger partial charge in [-0.05, 0) is 30.5 Å². The van der Waals surface area contributed by atoms with Gasteiger partial charge in [0.25, 0.3) is 0 Å². The van der Waals surface area contributed by atoms with Crippen molar-refractivity contribution in [2.45, 2.75) is 18.1 Å². The molecule has 100 valence electrons. The Balaban J connectivity index is 2.13. The van der Waals surface area contributed by atoms with Crippen LogP contribution in [0.1, 0.15) is 12.0 Å². The summed E-state index contributed by atoms with van der Waals surface area (Å²) in [6, 6.07) is 7.39. The zero-order valence-corrected chi connectivity index (χ0v) is 12.0. The molecule has 1 heterocycles. The molecule has 1 aromatic rings. The van der Waals surface area contributed by atoms with Gasteiger partial charge >= 0.3 is 0 Å². The Morgan fingerprint density at radius 1 is 1.28 bits per heavy atom. The van der Waals surface area contributed by atoms with Crippen LogP contribution in [0.5, 0.6) is 0 Å². The maximum Gasteiger partial charge on any atom is 0.235 e. The molecule has 0 saturated carbocycles. The van der Waals surface area contributed by atoms with Crippen molar-refractivity contribution >= 4 is 31.3 Å². The Hall–Kier alpha value is -0.290. The Morgan fingerprint density at radius 3 is 2.56 bits per heavy atom. The number of hydrogen-bond donors (Lipinski definition) is 0. The van der Waals surface area contributed by atoms with Crippen LogP contribution in [-0.2, 0) is 20.2 Å². The lowest BCUT2D eigenvalue weighted by molar-refractivity contribution is 0.0577. The Labute approximate surface area is 116 Å². The van der Waals surface area contributed by atoms with Gasteiger partial charge in [-0.15, -0.1) is 0 Å². The van der Waals surface area contributed by atoms with E-state index in [1.54, 1.807) is 12.1 Å². The van der Waals surface area contributed by atoms with Gasteiger partial charge in [-0.25, -0.2) is 8.42 Å². The van der Waals surface area contributed by atoms with Crippen molar-refractivity contribution in [2.24, 2.45) is 5.92 Å². The van der Waals surface area contributed by atoms with Gasteiger partial charge < -0.3 is 4.74 Å². The van der Waals surface area contributed by atoms with Crippen molar-refractivity contribution in [3.8, 4) is 0 Å². The molecule has 3 nitrogen and oxygen atoms in total. The van der Waals surface area contributed by atoms with E-state index in [4.69, 9.17) is 27.0 Å². The van der Waals surface area contributed by atoms with Crippen LogP contribution >= 0.6 is 22.3 Å². The summed E-state index contributed by atoms with van der Waals surface area (Å²) in [4.78, 5) is 0. The molecule has 1 aliphatic heterocycles. The van der Waals surface area contributed by atoms with Gasteiger partial charge in [-0.1, -0.05) is 23.7 Å². The van der Waals surface area contributed by atoms with Gasteiger partial charge in [0.2, 0.25) is 9.05 Å². The van der Waals surface area contributed by atoms with Crippen molar-refractivity contribution in [1.29, 1.82) is 0 Å².